The smallest absolute Gasteiger partial charge is 0.144 e. The van der Waals surface area contributed by atoms with Gasteiger partial charge in [0.1, 0.15) is 11.2 Å². The molecule has 0 atom stereocenters. The van der Waals surface area contributed by atoms with E-state index in [1.165, 1.54) is 49.0 Å². The van der Waals surface area contributed by atoms with Crippen molar-refractivity contribution in [1.82, 2.24) is 4.98 Å². The van der Waals surface area contributed by atoms with Crippen LogP contribution < -0.4 is 0 Å². The van der Waals surface area contributed by atoms with E-state index in [1.807, 2.05) is 12.1 Å². The number of rotatable bonds is 1. The largest absolute Gasteiger partial charge is 0.455 e. The van der Waals surface area contributed by atoms with E-state index in [9.17, 15) is 0 Å². The first-order valence-corrected chi connectivity index (χ1v) is 13.9. The average Bonchev–Trinajstić information content (AvgIpc) is 3.49. The van der Waals surface area contributed by atoms with Crippen LogP contribution in [0.25, 0.3) is 76.8 Å². The van der Waals surface area contributed by atoms with Gasteiger partial charge in [0.15, 0.2) is 0 Å². The Balaban J connectivity index is 1.34. The maximum Gasteiger partial charge on any atom is 0.144 e. The standard InChI is InChI=1S/C38H25NO/c1-38(2)32-18-19-34(28-16-9-15-27-26-14-7-8-17-35(26)40-37(27)28)39-36(32)31-20-29-24-12-5-3-10-22(24)23-11-4-6-13-25(23)30(29)21-33(31)38/h3-21H,1-2H3. The van der Waals surface area contributed by atoms with Crippen LogP contribution in [0.15, 0.2) is 120 Å². The van der Waals surface area contributed by atoms with Crippen molar-refractivity contribution in [3.05, 3.63) is 126 Å². The molecule has 0 unspecified atom stereocenters. The predicted octanol–water partition coefficient (Wildman–Crippen LogP) is 10.4. The molecule has 0 aliphatic heterocycles. The van der Waals surface area contributed by atoms with Crippen LogP contribution in [0.5, 0.6) is 0 Å². The lowest BCUT2D eigenvalue weighted by Gasteiger charge is -2.22. The summed E-state index contributed by atoms with van der Waals surface area (Å²) in [5.74, 6) is 0. The number of aromatic nitrogens is 1. The summed E-state index contributed by atoms with van der Waals surface area (Å²) < 4.78 is 6.37. The Morgan fingerprint density at radius 3 is 1.82 bits per heavy atom. The van der Waals surface area contributed by atoms with Crippen molar-refractivity contribution in [2.75, 3.05) is 0 Å². The van der Waals surface area contributed by atoms with Crippen LogP contribution in [0.4, 0.5) is 0 Å². The summed E-state index contributed by atoms with van der Waals surface area (Å²) in [6.07, 6.45) is 0. The molecule has 40 heavy (non-hydrogen) atoms. The molecule has 2 heterocycles. The van der Waals surface area contributed by atoms with Gasteiger partial charge in [-0.2, -0.15) is 0 Å². The Kier molecular flexibility index (Phi) is 4.15. The Bertz CT molecular complexity index is 2350. The van der Waals surface area contributed by atoms with E-state index in [4.69, 9.17) is 9.40 Å². The molecule has 8 aromatic rings. The van der Waals surface area contributed by atoms with Gasteiger partial charge in [-0.15, -0.1) is 0 Å². The fourth-order valence-electron chi connectivity index (χ4n) is 7.08. The second kappa shape index (κ2) is 7.58. The van der Waals surface area contributed by atoms with Gasteiger partial charge in [0.2, 0.25) is 0 Å². The van der Waals surface area contributed by atoms with Gasteiger partial charge >= 0.3 is 0 Å². The van der Waals surface area contributed by atoms with Gasteiger partial charge in [0.25, 0.3) is 0 Å². The molecule has 0 saturated heterocycles. The van der Waals surface area contributed by atoms with Crippen LogP contribution in [-0.4, -0.2) is 4.98 Å². The highest BCUT2D eigenvalue weighted by Gasteiger charge is 2.37. The van der Waals surface area contributed by atoms with Gasteiger partial charge < -0.3 is 4.42 Å². The van der Waals surface area contributed by atoms with Gasteiger partial charge in [0, 0.05) is 27.3 Å². The SMILES string of the molecule is CC1(C)c2cc3c4ccccc4c4ccccc4c3cc2-c2nc(-c3cccc4c3oc3ccccc34)ccc21. The molecule has 0 N–H and O–H groups in total. The second-order valence-electron chi connectivity index (χ2n) is 11.5. The highest BCUT2D eigenvalue weighted by molar-refractivity contribution is 6.26. The Morgan fingerprint density at radius 2 is 1.10 bits per heavy atom. The maximum atomic E-state index is 6.37. The summed E-state index contributed by atoms with van der Waals surface area (Å²) in [5.41, 5.74) is 8.52. The van der Waals surface area contributed by atoms with Crippen molar-refractivity contribution in [3.63, 3.8) is 0 Å². The van der Waals surface area contributed by atoms with E-state index in [1.54, 1.807) is 0 Å². The van der Waals surface area contributed by atoms with E-state index < -0.39 is 0 Å². The lowest BCUT2D eigenvalue weighted by Crippen LogP contribution is -2.15. The highest BCUT2D eigenvalue weighted by Crippen LogP contribution is 2.51. The zero-order chi connectivity index (χ0) is 26.6. The minimum atomic E-state index is -0.150. The minimum Gasteiger partial charge on any atom is -0.455 e. The number of para-hydroxylation sites is 2. The number of fused-ring (bicyclic) bond motifs is 12. The summed E-state index contributed by atoms with van der Waals surface area (Å²) in [6.45, 7) is 4.65. The number of hydrogen-bond acceptors (Lipinski definition) is 2. The zero-order valence-corrected chi connectivity index (χ0v) is 22.3. The summed E-state index contributed by atoms with van der Waals surface area (Å²) >= 11 is 0. The molecule has 188 valence electrons. The molecule has 0 saturated carbocycles. The Hall–Kier alpha value is -4.95. The number of nitrogens with zero attached hydrogens (tertiary/aromatic N) is 1. The van der Waals surface area contributed by atoms with Crippen molar-refractivity contribution in [2.24, 2.45) is 0 Å². The summed E-state index contributed by atoms with van der Waals surface area (Å²) in [6, 6.07) is 41.5. The first-order chi connectivity index (χ1) is 19.6. The molecule has 1 aliphatic carbocycles. The van der Waals surface area contributed by atoms with Crippen molar-refractivity contribution in [3.8, 4) is 22.5 Å². The molecular formula is C38H25NO. The third-order valence-electron chi connectivity index (χ3n) is 9.06. The first-order valence-electron chi connectivity index (χ1n) is 13.9. The van der Waals surface area contributed by atoms with Crippen LogP contribution >= 0.6 is 0 Å². The fraction of sp³-hybridized carbons (Fsp3) is 0.0789. The topological polar surface area (TPSA) is 26.0 Å². The third kappa shape index (κ3) is 2.75. The van der Waals surface area contributed by atoms with Crippen molar-refractivity contribution >= 4 is 54.3 Å². The summed E-state index contributed by atoms with van der Waals surface area (Å²) in [7, 11) is 0. The maximum absolute atomic E-state index is 6.37. The predicted molar refractivity (Wildman–Crippen MR) is 167 cm³/mol. The molecule has 0 bridgehead atoms. The second-order valence-corrected chi connectivity index (χ2v) is 11.5. The highest BCUT2D eigenvalue weighted by atomic mass is 16.3. The summed E-state index contributed by atoms with van der Waals surface area (Å²) in [5, 5.41) is 10.0. The number of benzene rings is 6. The van der Waals surface area contributed by atoms with Crippen LogP contribution in [0.1, 0.15) is 25.0 Å². The van der Waals surface area contributed by atoms with E-state index in [-0.39, 0.29) is 5.41 Å². The molecule has 9 rings (SSSR count). The molecule has 6 aromatic carbocycles. The van der Waals surface area contributed by atoms with Gasteiger partial charge in [-0.25, -0.2) is 4.98 Å². The van der Waals surface area contributed by atoms with E-state index in [0.717, 1.165) is 38.9 Å². The van der Waals surface area contributed by atoms with E-state index in [2.05, 4.69) is 117 Å². The average molecular weight is 512 g/mol. The van der Waals surface area contributed by atoms with Crippen molar-refractivity contribution < 1.29 is 4.42 Å². The van der Waals surface area contributed by atoms with E-state index in [0.29, 0.717) is 0 Å². The number of pyridine rings is 1. The normalized spacial score (nSPS) is 13.9. The van der Waals surface area contributed by atoms with E-state index >= 15 is 0 Å². The first kappa shape index (κ1) is 21.9. The molecular weight excluding hydrogens is 486 g/mol. The van der Waals surface area contributed by atoms with Crippen LogP contribution in [0, 0.1) is 0 Å². The lowest BCUT2D eigenvalue weighted by molar-refractivity contribution is 0.660. The van der Waals surface area contributed by atoms with Crippen molar-refractivity contribution in [1.29, 1.82) is 0 Å². The molecule has 2 aromatic heterocycles. The number of furan rings is 1. The Morgan fingerprint density at radius 1 is 0.500 bits per heavy atom. The number of hydrogen-bond donors (Lipinski definition) is 0. The van der Waals surface area contributed by atoms with Crippen LogP contribution in [-0.2, 0) is 5.41 Å². The molecule has 0 spiro atoms. The molecule has 0 radical (unpaired) electrons. The Labute approximate surface area is 231 Å². The molecule has 2 nitrogen and oxygen atoms in total. The quantitative estimate of drug-likeness (QED) is 0.205. The summed E-state index contributed by atoms with van der Waals surface area (Å²) in [4.78, 5) is 5.37. The molecule has 0 fully saturated rings. The van der Waals surface area contributed by atoms with Gasteiger partial charge in [0.05, 0.1) is 11.4 Å². The van der Waals surface area contributed by atoms with Gasteiger partial charge in [-0.1, -0.05) is 98.8 Å². The van der Waals surface area contributed by atoms with Crippen molar-refractivity contribution in [2.45, 2.75) is 19.3 Å². The van der Waals surface area contributed by atoms with Gasteiger partial charge in [-0.3, -0.25) is 0 Å². The monoisotopic (exact) mass is 511 g/mol. The van der Waals surface area contributed by atoms with Crippen LogP contribution in [0.3, 0.4) is 0 Å². The fourth-order valence-corrected chi connectivity index (χ4v) is 7.08. The third-order valence-corrected chi connectivity index (χ3v) is 9.06. The molecule has 2 heteroatoms. The molecule has 0 amide bonds. The van der Waals surface area contributed by atoms with Crippen LogP contribution in [0.2, 0.25) is 0 Å². The van der Waals surface area contributed by atoms with Gasteiger partial charge in [-0.05, 0) is 73.8 Å². The molecule has 1 aliphatic rings. The minimum absolute atomic E-state index is 0.150. The zero-order valence-electron chi connectivity index (χ0n) is 22.3. The lowest BCUT2D eigenvalue weighted by atomic mass is 9.81.